The second kappa shape index (κ2) is 7.16. The molecule has 3 aliphatic carbocycles. The summed E-state index contributed by atoms with van der Waals surface area (Å²) in [5.74, 6) is -0.0903. The van der Waals surface area contributed by atoms with Crippen LogP contribution < -0.4 is 22.1 Å². The highest BCUT2D eigenvalue weighted by Gasteiger charge is 2.56. The fourth-order valence-electron chi connectivity index (χ4n) is 3.70. The van der Waals surface area contributed by atoms with E-state index in [4.69, 9.17) is 16.6 Å². The van der Waals surface area contributed by atoms with Gasteiger partial charge in [0.1, 0.15) is 6.04 Å². The van der Waals surface area contributed by atoms with Gasteiger partial charge in [0.15, 0.2) is 0 Å². The van der Waals surface area contributed by atoms with Crippen LogP contribution in [0.25, 0.3) is 0 Å². The summed E-state index contributed by atoms with van der Waals surface area (Å²) in [6, 6.07) is -1.36. The SMILES string of the molecule is NC(=O)C(CCCCNC(=O)O)NC(=O)C(N)CC12CC(C1)C2. The van der Waals surface area contributed by atoms with Gasteiger partial charge in [-0.25, -0.2) is 4.79 Å². The zero-order valence-corrected chi connectivity index (χ0v) is 13.2. The van der Waals surface area contributed by atoms with Crippen molar-refractivity contribution in [1.82, 2.24) is 10.6 Å². The summed E-state index contributed by atoms with van der Waals surface area (Å²) in [5.41, 5.74) is 11.5. The van der Waals surface area contributed by atoms with Crippen LogP contribution in [-0.4, -0.2) is 41.6 Å². The highest BCUT2D eigenvalue weighted by molar-refractivity contribution is 5.88. The van der Waals surface area contributed by atoms with Gasteiger partial charge < -0.3 is 27.2 Å². The van der Waals surface area contributed by atoms with Gasteiger partial charge in [0.05, 0.1) is 6.04 Å². The molecular weight excluding hydrogens is 300 g/mol. The van der Waals surface area contributed by atoms with Gasteiger partial charge in [0.2, 0.25) is 11.8 Å². The van der Waals surface area contributed by atoms with E-state index < -0.39 is 24.1 Å². The number of amides is 3. The maximum Gasteiger partial charge on any atom is 0.404 e. The number of carbonyl (C=O) groups excluding carboxylic acids is 2. The topological polar surface area (TPSA) is 148 Å². The van der Waals surface area contributed by atoms with Crippen molar-refractivity contribution in [3.63, 3.8) is 0 Å². The predicted octanol–water partition coefficient (Wildman–Crippen LogP) is -0.0881. The first-order valence-electron chi connectivity index (χ1n) is 8.13. The minimum Gasteiger partial charge on any atom is -0.465 e. The molecule has 130 valence electrons. The molecule has 2 unspecified atom stereocenters. The second-order valence-corrected chi connectivity index (χ2v) is 6.98. The van der Waals surface area contributed by atoms with Gasteiger partial charge >= 0.3 is 6.09 Å². The van der Waals surface area contributed by atoms with Crippen molar-refractivity contribution in [2.24, 2.45) is 22.8 Å². The number of hydrogen-bond donors (Lipinski definition) is 5. The first-order valence-corrected chi connectivity index (χ1v) is 8.13. The predicted molar refractivity (Wildman–Crippen MR) is 83.4 cm³/mol. The lowest BCUT2D eigenvalue weighted by molar-refractivity contribution is -0.137. The number of rotatable bonds is 10. The maximum absolute atomic E-state index is 12.1. The van der Waals surface area contributed by atoms with Crippen molar-refractivity contribution in [1.29, 1.82) is 0 Å². The van der Waals surface area contributed by atoms with Crippen LogP contribution in [0.2, 0.25) is 0 Å². The third-order valence-electron chi connectivity index (χ3n) is 5.01. The fraction of sp³-hybridized carbons (Fsp3) is 0.800. The number of carboxylic acid groups (broad SMARTS) is 1. The van der Waals surface area contributed by atoms with Gasteiger partial charge in [0, 0.05) is 6.54 Å². The molecule has 2 bridgehead atoms. The van der Waals surface area contributed by atoms with Crippen molar-refractivity contribution < 1.29 is 19.5 Å². The molecule has 0 aromatic heterocycles. The number of nitrogens with two attached hydrogens (primary N) is 2. The summed E-state index contributed by atoms with van der Waals surface area (Å²) in [6.07, 6.45) is 4.63. The van der Waals surface area contributed by atoms with Gasteiger partial charge in [-0.1, -0.05) is 0 Å². The molecule has 8 nitrogen and oxygen atoms in total. The number of unbranched alkanes of at least 4 members (excludes halogenated alkanes) is 1. The molecule has 7 N–H and O–H groups in total. The molecule has 8 heteroatoms. The molecule has 0 aliphatic heterocycles. The van der Waals surface area contributed by atoms with Crippen molar-refractivity contribution >= 4 is 17.9 Å². The van der Waals surface area contributed by atoms with E-state index in [1.165, 1.54) is 19.3 Å². The van der Waals surface area contributed by atoms with E-state index >= 15 is 0 Å². The zero-order chi connectivity index (χ0) is 17.0. The lowest BCUT2D eigenvalue weighted by Gasteiger charge is -2.62. The van der Waals surface area contributed by atoms with Gasteiger partial charge in [0.25, 0.3) is 0 Å². The molecule has 3 amide bonds. The summed E-state index contributed by atoms with van der Waals surface area (Å²) in [6.45, 7) is 0.304. The van der Waals surface area contributed by atoms with Gasteiger partial charge in [-0.3, -0.25) is 9.59 Å². The van der Waals surface area contributed by atoms with Crippen LogP contribution in [0.5, 0.6) is 0 Å². The van der Waals surface area contributed by atoms with Crippen molar-refractivity contribution in [2.45, 2.75) is 57.0 Å². The second-order valence-electron chi connectivity index (χ2n) is 6.98. The normalized spacial score (nSPS) is 27.1. The van der Waals surface area contributed by atoms with E-state index in [1.54, 1.807) is 0 Å². The quantitative estimate of drug-likeness (QED) is 0.356. The van der Waals surface area contributed by atoms with Gasteiger partial charge in [-0.15, -0.1) is 0 Å². The monoisotopic (exact) mass is 326 g/mol. The molecule has 23 heavy (non-hydrogen) atoms. The Bertz CT molecular complexity index is 465. The molecule has 3 aliphatic rings. The van der Waals surface area contributed by atoms with Crippen LogP contribution in [0.15, 0.2) is 0 Å². The largest absolute Gasteiger partial charge is 0.465 e. The molecule has 0 aromatic carbocycles. The molecule has 0 aromatic rings. The molecular formula is C15H26N4O4. The molecule has 3 fully saturated rings. The zero-order valence-electron chi connectivity index (χ0n) is 13.2. The summed E-state index contributed by atoms with van der Waals surface area (Å²) in [4.78, 5) is 33.9. The van der Waals surface area contributed by atoms with E-state index in [1.807, 2.05) is 0 Å². The lowest BCUT2D eigenvalue weighted by Crippen LogP contribution is -2.57. The summed E-state index contributed by atoms with van der Waals surface area (Å²) < 4.78 is 0. The Kier molecular flexibility index (Phi) is 5.46. The highest BCUT2D eigenvalue weighted by atomic mass is 16.4. The Labute approximate surface area is 135 Å². The highest BCUT2D eigenvalue weighted by Crippen LogP contribution is 2.66. The Hall–Kier alpha value is -1.83. The molecule has 0 saturated heterocycles. The third kappa shape index (κ3) is 4.57. The van der Waals surface area contributed by atoms with Crippen LogP contribution in [0.3, 0.4) is 0 Å². The van der Waals surface area contributed by atoms with E-state index in [2.05, 4.69) is 10.6 Å². The lowest BCUT2D eigenvalue weighted by atomic mass is 9.43. The summed E-state index contributed by atoms with van der Waals surface area (Å²) in [7, 11) is 0. The average Bonchev–Trinajstić information content (AvgIpc) is 2.38. The smallest absolute Gasteiger partial charge is 0.404 e. The molecule has 2 atom stereocenters. The van der Waals surface area contributed by atoms with Crippen LogP contribution in [0, 0.1) is 11.3 Å². The molecule has 3 rings (SSSR count). The minimum absolute atomic E-state index is 0.270. The average molecular weight is 326 g/mol. The van der Waals surface area contributed by atoms with Crippen molar-refractivity contribution in [3.8, 4) is 0 Å². The number of hydrogen-bond acceptors (Lipinski definition) is 4. The Morgan fingerprint density at radius 1 is 1.22 bits per heavy atom. The van der Waals surface area contributed by atoms with E-state index in [0.29, 0.717) is 32.2 Å². The standard InChI is InChI=1S/C15H26N4O4/c16-10(8-15-5-9(6-15)7-15)13(21)19-11(12(17)20)3-1-2-4-18-14(22)23/h9-11,18H,1-8,16H2,(H2,17,20)(H,19,21)(H,22,23). The summed E-state index contributed by atoms with van der Waals surface area (Å²) in [5, 5.41) is 13.3. The van der Waals surface area contributed by atoms with E-state index in [-0.39, 0.29) is 11.3 Å². The molecule has 0 spiro atoms. The number of carbonyl (C=O) groups is 3. The van der Waals surface area contributed by atoms with Crippen LogP contribution in [-0.2, 0) is 9.59 Å². The minimum atomic E-state index is -1.08. The first-order chi connectivity index (χ1) is 10.8. The summed E-state index contributed by atoms with van der Waals surface area (Å²) >= 11 is 0. The van der Waals surface area contributed by atoms with Crippen LogP contribution in [0.4, 0.5) is 4.79 Å². The third-order valence-corrected chi connectivity index (χ3v) is 5.01. The van der Waals surface area contributed by atoms with Crippen LogP contribution >= 0.6 is 0 Å². The van der Waals surface area contributed by atoms with Crippen molar-refractivity contribution in [3.05, 3.63) is 0 Å². The molecule has 3 saturated carbocycles. The maximum atomic E-state index is 12.1. The Morgan fingerprint density at radius 2 is 1.87 bits per heavy atom. The molecule has 0 radical (unpaired) electrons. The van der Waals surface area contributed by atoms with Gasteiger partial charge in [-0.05, 0) is 56.3 Å². The number of nitrogens with one attached hydrogen (secondary N) is 2. The van der Waals surface area contributed by atoms with Crippen molar-refractivity contribution in [2.75, 3.05) is 6.54 Å². The fourth-order valence-corrected chi connectivity index (χ4v) is 3.70. The van der Waals surface area contributed by atoms with Crippen LogP contribution in [0.1, 0.15) is 44.9 Å². The van der Waals surface area contributed by atoms with E-state index in [0.717, 1.165) is 5.92 Å². The Morgan fingerprint density at radius 3 is 2.35 bits per heavy atom. The number of primary amides is 1. The van der Waals surface area contributed by atoms with E-state index in [9.17, 15) is 14.4 Å². The molecule has 0 heterocycles. The van der Waals surface area contributed by atoms with Gasteiger partial charge in [-0.2, -0.15) is 0 Å². The first kappa shape index (κ1) is 17.5. The Balaban J connectivity index is 1.68.